The zero-order chi connectivity index (χ0) is 19.0. The highest BCUT2D eigenvalue weighted by Crippen LogP contribution is 2.31. The summed E-state index contributed by atoms with van der Waals surface area (Å²) in [4.78, 5) is 26.5. The predicted molar refractivity (Wildman–Crippen MR) is 101 cm³/mol. The summed E-state index contributed by atoms with van der Waals surface area (Å²) in [5, 5.41) is 0.467. The van der Waals surface area contributed by atoms with Crippen molar-refractivity contribution in [2.24, 2.45) is 0 Å². The van der Waals surface area contributed by atoms with Crippen molar-refractivity contribution in [2.45, 2.75) is 13.0 Å². The van der Waals surface area contributed by atoms with Crippen molar-refractivity contribution in [2.75, 3.05) is 20.2 Å². The van der Waals surface area contributed by atoms with Gasteiger partial charge in [0.25, 0.3) is 5.91 Å². The van der Waals surface area contributed by atoms with E-state index < -0.39 is 0 Å². The molecule has 0 saturated heterocycles. The van der Waals surface area contributed by atoms with Gasteiger partial charge in [-0.25, -0.2) is 0 Å². The molecule has 0 radical (unpaired) electrons. The van der Waals surface area contributed by atoms with Crippen LogP contribution in [0.4, 0.5) is 0 Å². The van der Waals surface area contributed by atoms with Crippen LogP contribution < -0.4 is 14.9 Å². The Hall–Kier alpha value is -3.28. The van der Waals surface area contributed by atoms with E-state index in [1.165, 1.54) is 11.0 Å². The molecule has 1 aliphatic heterocycles. The molecule has 0 aliphatic carbocycles. The Bertz CT molecular complexity index is 1070. The van der Waals surface area contributed by atoms with Gasteiger partial charge in [-0.15, -0.1) is 0 Å². The molecule has 1 aromatic heterocycles. The number of ether oxygens (including phenoxy) is 2. The van der Waals surface area contributed by atoms with Crippen LogP contribution in [0.25, 0.3) is 11.0 Å². The third-order valence-corrected chi connectivity index (χ3v) is 4.49. The second-order valence-electron chi connectivity index (χ2n) is 6.66. The summed E-state index contributed by atoms with van der Waals surface area (Å²) in [7, 11) is 1.64. The van der Waals surface area contributed by atoms with Gasteiger partial charge in [-0.3, -0.25) is 9.59 Å². The molecule has 27 heavy (non-hydrogen) atoms. The van der Waals surface area contributed by atoms with E-state index >= 15 is 0 Å². The molecule has 3 aromatic rings. The Kier molecular flexibility index (Phi) is 4.32. The van der Waals surface area contributed by atoms with E-state index in [2.05, 4.69) is 0 Å². The van der Waals surface area contributed by atoms with E-state index in [0.717, 1.165) is 5.56 Å². The summed E-state index contributed by atoms with van der Waals surface area (Å²) in [5.74, 6) is 0.980. The molecule has 6 heteroatoms. The lowest BCUT2D eigenvalue weighted by Gasteiger charge is -2.29. The Balaban J connectivity index is 1.52. The van der Waals surface area contributed by atoms with Gasteiger partial charge in [0.05, 0.1) is 11.9 Å². The maximum absolute atomic E-state index is 12.7. The predicted octanol–water partition coefficient (Wildman–Crippen LogP) is 3.01. The van der Waals surface area contributed by atoms with Crippen LogP contribution in [0.2, 0.25) is 0 Å². The smallest absolute Gasteiger partial charge is 0.289 e. The van der Waals surface area contributed by atoms with Gasteiger partial charge in [0.1, 0.15) is 12.2 Å². The number of benzene rings is 2. The van der Waals surface area contributed by atoms with Crippen molar-refractivity contribution in [3.05, 3.63) is 70.1 Å². The maximum Gasteiger partial charge on any atom is 0.289 e. The molecule has 1 unspecified atom stereocenters. The van der Waals surface area contributed by atoms with Crippen molar-refractivity contribution in [1.82, 2.24) is 4.90 Å². The van der Waals surface area contributed by atoms with E-state index in [0.29, 0.717) is 35.6 Å². The Morgan fingerprint density at radius 1 is 1.15 bits per heavy atom. The van der Waals surface area contributed by atoms with Gasteiger partial charge in [-0.05, 0) is 31.2 Å². The van der Waals surface area contributed by atoms with E-state index in [1.54, 1.807) is 19.2 Å². The lowest BCUT2D eigenvalue weighted by Crippen LogP contribution is -2.41. The highest BCUT2D eigenvalue weighted by molar-refractivity contribution is 5.93. The van der Waals surface area contributed by atoms with Gasteiger partial charge in [0, 0.05) is 13.1 Å². The van der Waals surface area contributed by atoms with Crippen molar-refractivity contribution >= 4 is 16.9 Å². The van der Waals surface area contributed by atoms with Crippen molar-refractivity contribution < 1.29 is 18.7 Å². The van der Waals surface area contributed by atoms with Crippen LogP contribution in [0.5, 0.6) is 11.5 Å². The summed E-state index contributed by atoms with van der Waals surface area (Å²) < 4.78 is 17.2. The van der Waals surface area contributed by atoms with Crippen LogP contribution >= 0.6 is 0 Å². The first-order chi connectivity index (χ1) is 13.0. The second kappa shape index (κ2) is 6.79. The standard InChI is InChI=1S/C21H19NO5/c1-13-7-8-17-15(9-13)16(23)10-20(27-17)21(24)22(2)11-14-12-25-18-5-3-4-6-19(18)26-14/h3-10,14H,11-12H2,1-2H3. The molecule has 0 fully saturated rings. The van der Waals surface area contributed by atoms with E-state index in [4.69, 9.17) is 13.9 Å². The lowest BCUT2D eigenvalue weighted by molar-refractivity contribution is 0.0502. The number of carbonyl (C=O) groups excluding carboxylic acids is 1. The largest absolute Gasteiger partial charge is 0.486 e. The second-order valence-corrected chi connectivity index (χ2v) is 6.66. The minimum absolute atomic E-state index is 0.0102. The van der Waals surface area contributed by atoms with Crippen LogP contribution in [-0.4, -0.2) is 37.1 Å². The summed E-state index contributed by atoms with van der Waals surface area (Å²) in [5.41, 5.74) is 1.12. The Labute approximate surface area is 155 Å². The fourth-order valence-electron chi connectivity index (χ4n) is 3.11. The summed E-state index contributed by atoms with van der Waals surface area (Å²) in [6, 6.07) is 14.0. The van der Waals surface area contributed by atoms with Gasteiger partial charge >= 0.3 is 0 Å². The van der Waals surface area contributed by atoms with Crippen molar-refractivity contribution in [3.63, 3.8) is 0 Å². The first-order valence-electron chi connectivity index (χ1n) is 8.70. The summed E-state index contributed by atoms with van der Waals surface area (Å²) in [6.45, 7) is 2.55. The molecule has 138 valence electrons. The number of rotatable bonds is 3. The zero-order valence-electron chi connectivity index (χ0n) is 15.1. The van der Waals surface area contributed by atoms with Crippen LogP contribution in [0.1, 0.15) is 16.1 Å². The van der Waals surface area contributed by atoms with Gasteiger partial charge in [-0.2, -0.15) is 0 Å². The third kappa shape index (κ3) is 3.38. The molecule has 2 aromatic carbocycles. The zero-order valence-corrected chi connectivity index (χ0v) is 15.1. The number of likely N-dealkylation sites (N-methyl/N-ethyl adjacent to an activating group) is 1. The molecule has 1 aliphatic rings. The molecular formula is C21H19NO5. The highest BCUT2D eigenvalue weighted by Gasteiger charge is 2.25. The fourth-order valence-corrected chi connectivity index (χ4v) is 3.11. The number of carbonyl (C=O) groups is 1. The minimum atomic E-state index is -0.378. The van der Waals surface area contributed by atoms with Crippen molar-refractivity contribution in [3.8, 4) is 11.5 Å². The topological polar surface area (TPSA) is 69.0 Å². The number of hydrogen-bond donors (Lipinski definition) is 0. The molecule has 2 heterocycles. The fraction of sp³-hybridized carbons (Fsp3) is 0.238. The van der Waals surface area contributed by atoms with Crippen LogP contribution in [0.15, 0.2) is 57.7 Å². The number of aryl methyl sites for hydroxylation is 1. The summed E-state index contributed by atoms with van der Waals surface area (Å²) >= 11 is 0. The highest BCUT2D eigenvalue weighted by atomic mass is 16.6. The molecule has 6 nitrogen and oxygen atoms in total. The summed E-state index contributed by atoms with van der Waals surface area (Å²) in [6.07, 6.45) is -0.302. The number of nitrogens with zero attached hydrogens (tertiary/aromatic N) is 1. The van der Waals surface area contributed by atoms with Gasteiger partial charge in [-0.1, -0.05) is 23.8 Å². The first kappa shape index (κ1) is 17.1. The molecule has 0 spiro atoms. The minimum Gasteiger partial charge on any atom is -0.486 e. The number of hydrogen-bond acceptors (Lipinski definition) is 5. The monoisotopic (exact) mass is 365 g/mol. The molecule has 1 amide bonds. The lowest BCUT2D eigenvalue weighted by atomic mass is 10.1. The van der Waals surface area contributed by atoms with Gasteiger partial charge in [0.2, 0.25) is 0 Å². The van der Waals surface area contributed by atoms with Crippen LogP contribution in [0.3, 0.4) is 0 Å². The number of amides is 1. The molecule has 4 rings (SSSR count). The van der Waals surface area contributed by atoms with Gasteiger partial charge < -0.3 is 18.8 Å². The van der Waals surface area contributed by atoms with E-state index in [9.17, 15) is 9.59 Å². The number of para-hydroxylation sites is 2. The SMILES string of the molecule is Cc1ccc2oc(C(=O)N(C)CC3COc4ccccc4O3)cc(=O)c2c1. The molecular weight excluding hydrogens is 346 g/mol. The quantitative estimate of drug-likeness (QED) is 0.714. The van der Waals surface area contributed by atoms with Crippen LogP contribution in [0, 0.1) is 6.92 Å². The average molecular weight is 365 g/mol. The first-order valence-corrected chi connectivity index (χ1v) is 8.70. The van der Waals surface area contributed by atoms with Crippen molar-refractivity contribution in [1.29, 1.82) is 0 Å². The maximum atomic E-state index is 12.7. The van der Waals surface area contributed by atoms with E-state index in [1.807, 2.05) is 37.3 Å². The normalized spacial score (nSPS) is 15.6. The average Bonchev–Trinajstić information content (AvgIpc) is 2.67. The van der Waals surface area contributed by atoms with E-state index in [-0.39, 0.29) is 23.2 Å². The molecule has 0 bridgehead atoms. The Morgan fingerprint density at radius 3 is 2.74 bits per heavy atom. The number of fused-ring (bicyclic) bond motifs is 2. The molecule has 1 atom stereocenters. The Morgan fingerprint density at radius 2 is 1.93 bits per heavy atom. The van der Waals surface area contributed by atoms with Crippen LogP contribution in [-0.2, 0) is 0 Å². The molecule has 0 N–H and O–H groups in total. The molecule has 0 saturated carbocycles. The van der Waals surface area contributed by atoms with Gasteiger partial charge in [0.15, 0.2) is 28.8 Å². The third-order valence-electron chi connectivity index (χ3n) is 4.49.